The van der Waals surface area contributed by atoms with Gasteiger partial charge in [0, 0.05) is 32.2 Å². The summed E-state index contributed by atoms with van der Waals surface area (Å²) in [5.74, 6) is 1.53. The molecule has 0 bridgehead atoms. The zero-order valence-electron chi connectivity index (χ0n) is 11.6. The molecule has 1 unspecified atom stereocenters. The van der Waals surface area contributed by atoms with E-state index in [0.717, 1.165) is 32.0 Å². The zero-order chi connectivity index (χ0) is 14.0. The van der Waals surface area contributed by atoms with Gasteiger partial charge in [0.2, 0.25) is 0 Å². The summed E-state index contributed by atoms with van der Waals surface area (Å²) >= 11 is 12.4. The van der Waals surface area contributed by atoms with Crippen molar-refractivity contribution in [3.05, 3.63) is 16.1 Å². The summed E-state index contributed by atoms with van der Waals surface area (Å²) in [6, 6.07) is 2.16. The predicted molar refractivity (Wildman–Crippen MR) is 82.7 cm³/mol. The molecule has 6 heteroatoms. The number of piperazine rings is 1. The lowest BCUT2D eigenvalue weighted by Crippen LogP contribution is -2.51. The molecule has 1 aliphatic heterocycles. The maximum Gasteiger partial charge on any atom is 0.150 e. The molecule has 4 nitrogen and oxygen atoms in total. The fourth-order valence-corrected chi connectivity index (χ4v) is 2.94. The van der Waals surface area contributed by atoms with Gasteiger partial charge in [0.1, 0.15) is 11.6 Å². The van der Waals surface area contributed by atoms with Crippen LogP contribution >= 0.6 is 23.2 Å². The van der Waals surface area contributed by atoms with Crippen LogP contribution < -0.4 is 10.2 Å². The second-order valence-corrected chi connectivity index (χ2v) is 5.77. The smallest absolute Gasteiger partial charge is 0.150 e. The van der Waals surface area contributed by atoms with Gasteiger partial charge in [0.25, 0.3) is 0 Å². The van der Waals surface area contributed by atoms with E-state index in [2.05, 4.69) is 34.1 Å². The number of pyridine rings is 1. The van der Waals surface area contributed by atoms with Crippen LogP contribution in [0.2, 0.25) is 10.0 Å². The van der Waals surface area contributed by atoms with E-state index in [-0.39, 0.29) is 0 Å². The topological polar surface area (TPSA) is 31.4 Å². The van der Waals surface area contributed by atoms with Gasteiger partial charge in [-0.1, -0.05) is 23.2 Å². The number of nitrogens with one attached hydrogen (secondary N) is 1. The minimum Gasteiger partial charge on any atom is -0.369 e. The van der Waals surface area contributed by atoms with Crippen LogP contribution in [0.1, 0.15) is 13.8 Å². The maximum atomic E-state index is 6.31. The zero-order valence-corrected chi connectivity index (χ0v) is 13.1. The Hall–Kier alpha value is -0.710. The molecule has 0 spiro atoms. The van der Waals surface area contributed by atoms with E-state index in [1.54, 1.807) is 6.07 Å². The lowest BCUT2D eigenvalue weighted by molar-refractivity contribution is 0.274. The molecule has 0 amide bonds. The van der Waals surface area contributed by atoms with E-state index in [1.165, 1.54) is 0 Å². The van der Waals surface area contributed by atoms with Crippen molar-refractivity contribution in [1.29, 1.82) is 0 Å². The van der Waals surface area contributed by atoms with Crippen LogP contribution in [-0.4, -0.2) is 49.2 Å². The van der Waals surface area contributed by atoms with Crippen LogP contribution in [-0.2, 0) is 0 Å². The largest absolute Gasteiger partial charge is 0.369 e. The molecule has 0 aromatic carbocycles. The minimum absolute atomic E-state index is 0.388. The predicted octanol–water partition coefficient (Wildman–Crippen LogP) is 2.96. The Morgan fingerprint density at radius 2 is 2.11 bits per heavy atom. The molecule has 1 aromatic heterocycles. The summed E-state index contributed by atoms with van der Waals surface area (Å²) in [4.78, 5) is 9.16. The molecule has 0 saturated carbocycles. The van der Waals surface area contributed by atoms with Gasteiger partial charge in [-0.3, -0.25) is 0 Å². The summed E-state index contributed by atoms with van der Waals surface area (Å²) in [7, 11) is 2.13. The molecule has 1 fully saturated rings. The third-order valence-corrected chi connectivity index (χ3v) is 3.92. The van der Waals surface area contributed by atoms with Crippen LogP contribution in [0.15, 0.2) is 6.07 Å². The van der Waals surface area contributed by atoms with Crippen molar-refractivity contribution in [2.45, 2.75) is 19.9 Å². The third-order valence-electron chi connectivity index (χ3n) is 3.36. The van der Waals surface area contributed by atoms with Crippen LogP contribution in [0.5, 0.6) is 0 Å². The number of aromatic nitrogens is 1. The molecule has 1 atom stereocenters. The molecular weight excluding hydrogens is 283 g/mol. The van der Waals surface area contributed by atoms with E-state index >= 15 is 0 Å². The first-order chi connectivity index (χ1) is 9.02. The standard InChI is InChI=1S/C13H20Cl2N4/c1-4-16-12-10(14)7-11(15)13(17-12)19-6-5-18(3)8-9(19)2/h7,9H,4-6,8H2,1-3H3,(H,16,17). The number of halogens is 2. The first-order valence-electron chi connectivity index (χ1n) is 6.58. The molecule has 2 heterocycles. The summed E-state index contributed by atoms with van der Waals surface area (Å²) in [5, 5.41) is 4.35. The molecule has 0 radical (unpaired) electrons. The molecule has 19 heavy (non-hydrogen) atoms. The van der Waals surface area contributed by atoms with E-state index in [0.29, 0.717) is 21.9 Å². The van der Waals surface area contributed by atoms with E-state index < -0.39 is 0 Å². The second-order valence-electron chi connectivity index (χ2n) is 4.96. The van der Waals surface area contributed by atoms with E-state index in [4.69, 9.17) is 23.2 Å². The van der Waals surface area contributed by atoms with Crippen molar-refractivity contribution in [1.82, 2.24) is 9.88 Å². The van der Waals surface area contributed by atoms with Gasteiger partial charge in [0.05, 0.1) is 10.0 Å². The van der Waals surface area contributed by atoms with Crippen LogP contribution in [0.3, 0.4) is 0 Å². The van der Waals surface area contributed by atoms with Crippen molar-refractivity contribution in [3.63, 3.8) is 0 Å². The number of nitrogens with zero attached hydrogens (tertiary/aromatic N) is 3. The molecule has 1 aliphatic rings. The van der Waals surface area contributed by atoms with Crippen molar-refractivity contribution in [2.75, 3.05) is 43.4 Å². The number of likely N-dealkylation sites (N-methyl/N-ethyl adjacent to an activating group) is 1. The lowest BCUT2D eigenvalue weighted by Gasteiger charge is -2.39. The average Bonchev–Trinajstić information content (AvgIpc) is 2.34. The van der Waals surface area contributed by atoms with Gasteiger partial charge in [-0.05, 0) is 27.0 Å². The minimum atomic E-state index is 0.388. The first-order valence-corrected chi connectivity index (χ1v) is 7.33. The van der Waals surface area contributed by atoms with Crippen LogP contribution in [0.4, 0.5) is 11.6 Å². The quantitative estimate of drug-likeness (QED) is 0.930. The summed E-state index contributed by atoms with van der Waals surface area (Å²) in [6.07, 6.45) is 0. The second kappa shape index (κ2) is 6.16. The normalized spacial score (nSPS) is 20.7. The molecule has 1 saturated heterocycles. The Balaban J connectivity index is 2.30. The molecular formula is C13H20Cl2N4. The van der Waals surface area contributed by atoms with E-state index in [9.17, 15) is 0 Å². The Kier molecular flexibility index (Phi) is 4.76. The van der Waals surface area contributed by atoms with E-state index in [1.807, 2.05) is 6.92 Å². The maximum absolute atomic E-state index is 6.31. The Morgan fingerprint density at radius 3 is 2.74 bits per heavy atom. The van der Waals surface area contributed by atoms with Gasteiger partial charge in [-0.2, -0.15) is 0 Å². The SMILES string of the molecule is CCNc1nc(N2CCN(C)CC2C)c(Cl)cc1Cl. The van der Waals surface area contributed by atoms with Gasteiger partial charge >= 0.3 is 0 Å². The average molecular weight is 303 g/mol. The van der Waals surface area contributed by atoms with Crippen molar-refractivity contribution in [3.8, 4) is 0 Å². The van der Waals surface area contributed by atoms with Crippen LogP contribution in [0.25, 0.3) is 0 Å². The fourth-order valence-electron chi connectivity index (χ4n) is 2.40. The van der Waals surface area contributed by atoms with Gasteiger partial charge in [-0.15, -0.1) is 0 Å². The molecule has 2 rings (SSSR count). The lowest BCUT2D eigenvalue weighted by atomic mass is 10.2. The summed E-state index contributed by atoms with van der Waals surface area (Å²) < 4.78 is 0. The molecule has 1 aromatic rings. The highest BCUT2D eigenvalue weighted by Gasteiger charge is 2.25. The number of anilines is 2. The van der Waals surface area contributed by atoms with Gasteiger partial charge < -0.3 is 15.1 Å². The highest BCUT2D eigenvalue weighted by Crippen LogP contribution is 2.33. The Bertz CT molecular complexity index is 453. The monoisotopic (exact) mass is 302 g/mol. The molecule has 0 aliphatic carbocycles. The number of rotatable bonds is 3. The molecule has 106 valence electrons. The highest BCUT2D eigenvalue weighted by molar-refractivity contribution is 6.37. The Morgan fingerprint density at radius 1 is 1.37 bits per heavy atom. The van der Waals surface area contributed by atoms with Crippen molar-refractivity contribution in [2.24, 2.45) is 0 Å². The third kappa shape index (κ3) is 3.25. The number of hydrogen-bond acceptors (Lipinski definition) is 4. The first kappa shape index (κ1) is 14.7. The van der Waals surface area contributed by atoms with Crippen molar-refractivity contribution >= 4 is 34.8 Å². The highest BCUT2D eigenvalue weighted by atomic mass is 35.5. The summed E-state index contributed by atoms with van der Waals surface area (Å²) in [5.41, 5.74) is 0. The van der Waals surface area contributed by atoms with Crippen LogP contribution in [0, 0.1) is 0 Å². The van der Waals surface area contributed by atoms with Gasteiger partial charge in [-0.25, -0.2) is 4.98 Å². The fraction of sp³-hybridized carbons (Fsp3) is 0.615. The van der Waals surface area contributed by atoms with Gasteiger partial charge in [0.15, 0.2) is 0 Å². The number of hydrogen-bond donors (Lipinski definition) is 1. The van der Waals surface area contributed by atoms with Crippen molar-refractivity contribution < 1.29 is 0 Å². The molecule has 1 N–H and O–H groups in total. The summed E-state index contributed by atoms with van der Waals surface area (Å²) in [6.45, 7) is 7.95. The Labute approximate surface area is 124 Å².